The van der Waals surface area contributed by atoms with Crippen LogP contribution in [0.1, 0.15) is 62.3 Å². The van der Waals surface area contributed by atoms with Gasteiger partial charge in [-0.2, -0.15) is 0 Å². The number of carbonyl (C=O) groups excluding carboxylic acids is 2. The fourth-order valence-electron chi connectivity index (χ4n) is 2.76. The molecule has 0 spiro atoms. The zero-order valence-electron chi connectivity index (χ0n) is 16.2. The minimum atomic E-state index is -0.633. The quantitative estimate of drug-likeness (QED) is 0.760. The molecule has 0 saturated carbocycles. The first-order valence-corrected chi connectivity index (χ1v) is 9.38. The van der Waals surface area contributed by atoms with Crippen LogP contribution < -0.4 is 5.73 Å². The molecule has 0 bridgehead atoms. The van der Waals surface area contributed by atoms with Crippen molar-refractivity contribution in [1.82, 2.24) is 4.90 Å². The summed E-state index contributed by atoms with van der Waals surface area (Å²) in [7, 11) is 0. The number of hydrogen-bond acceptors (Lipinski definition) is 7. The van der Waals surface area contributed by atoms with Gasteiger partial charge >= 0.3 is 12.1 Å². The van der Waals surface area contributed by atoms with Gasteiger partial charge in [-0.25, -0.2) is 9.59 Å². The number of hydrogen-bond donors (Lipinski definition) is 2. The molecule has 1 aliphatic rings. The van der Waals surface area contributed by atoms with E-state index in [0.29, 0.717) is 17.0 Å². The Morgan fingerprint density at radius 2 is 1.77 bits per heavy atom. The van der Waals surface area contributed by atoms with E-state index >= 15 is 0 Å². The maximum atomic E-state index is 12.5. The highest BCUT2D eigenvalue weighted by Gasteiger charge is 2.37. The highest BCUT2D eigenvalue weighted by molar-refractivity contribution is 7.16. The molecule has 1 amide bonds. The van der Waals surface area contributed by atoms with Gasteiger partial charge in [0.05, 0.1) is 24.8 Å². The van der Waals surface area contributed by atoms with Crippen molar-refractivity contribution >= 4 is 28.4 Å². The van der Waals surface area contributed by atoms with E-state index < -0.39 is 29.3 Å². The summed E-state index contributed by atoms with van der Waals surface area (Å²) in [5, 5.41) is 10.1. The van der Waals surface area contributed by atoms with Gasteiger partial charge in [0.25, 0.3) is 0 Å². The molecule has 146 valence electrons. The summed E-state index contributed by atoms with van der Waals surface area (Å²) < 4.78 is 10.9. The van der Waals surface area contributed by atoms with Crippen molar-refractivity contribution in [2.45, 2.75) is 71.8 Å². The number of fused-ring (bicyclic) bond motifs is 1. The number of ether oxygens (including phenoxy) is 2. The molecule has 2 rings (SSSR count). The van der Waals surface area contributed by atoms with Crippen LogP contribution in [0, 0.1) is 0 Å². The smallest absolute Gasteiger partial charge is 0.410 e. The molecule has 2 heterocycles. The lowest BCUT2D eigenvalue weighted by Gasteiger charge is -2.36. The van der Waals surface area contributed by atoms with Gasteiger partial charge in [0, 0.05) is 4.88 Å². The summed E-state index contributed by atoms with van der Waals surface area (Å²) in [6.45, 7) is 10.8. The number of anilines is 1. The monoisotopic (exact) mass is 384 g/mol. The third kappa shape index (κ3) is 4.67. The van der Waals surface area contributed by atoms with Crippen LogP contribution in [0.15, 0.2) is 0 Å². The number of nitrogens with zero attached hydrogens (tertiary/aromatic N) is 1. The maximum absolute atomic E-state index is 12.5. The molecule has 0 saturated heterocycles. The summed E-state index contributed by atoms with van der Waals surface area (Å²) in [6.07, 6.45) is -0.166. The number of nitrogen functional groups attached to an aromatic ring is 1. The van der Waals surface area contributed by atoms with Gasteiger partial charge in [-0.3, -0.25) is 4.90 Å². The number of aliphatic hydroxyl groups is 1. The molecule has 1 aromatic rings. The highest BCUT2D eigenvalue weighted by Crippen LogP contribution is 2.38. The van der Waals surface area contributed by atoms with E-state index in [0.717, 1.165) is 10.4 Å². The van der Waals surface area contributed by atoms with Crippen LogP contribution in [-0.2, 0) is 22.4 Å². The number of carbonyl (C=O) groups is 2. The Balaban J connectivity index is 2.32. The van der Waals surface area contributed by atoms with E-state index in [1.54, 1.807) is 41.5 Å². The molecule has 1 atom stereocenters. The molecule has 26 heavy (non-hydrogen) atoms. The highest BCUT2D eigenvalue weighted by atomic mass is 32.1. The molecule has 8 heteroatoms. The van der Waals surface area contributed by atoms with Crippen molar-refractivity contribution in [1.29, 1.82) is 0 Å². The van der Waals surface area contributed by atoms with Gasteiger partial charge in [0.15, 0.2) is 0 Å². The van der Waals surface area contributed by atoms with Crippen molar-refractivity contribution in [2.24, 2.45) is 0 Å². The Morgan fingerprint density at radius 1 is 1.19 bits per heavy atom. The molecule has 1 aliphatic heterocycles. The second kappa shape index (κ2) is 7.08. The van der Waals surface area contributed by atoms with E-state index in [1.807, 2.05) is 0 Å². The van der Waals surface area contributed by atoms with Crippen LogP contribution in [0.4, 0.5) is 9.80 Å². The average molecular weight is 384 g/mol. The Kier molecular flexibility index (Phi) is 5.58. The second-order valence-corrected chi connectivity index (χ2v) is 9.53. The Labute approximate surface area is 158 Å². The van der Waals surface area contributed by atoms with Crippen LogP contribution in [0.2, 0.25) is 0 Å². The first-order valence-electron chi connectivity index (χ1n) is 8.56. The fourth-order valence-corrected chi connectivity index (χ4v) is 3.84. The molecule has 3 N–H and O–H groups in total. The van der Waals surface area contributed by atoms with E-state index in [-0.39, 0.29) is 13.2 Å². The first-order chi connectivity index (χ1) is 11.8. The largest absolute Gasteiger partial charge is 0.456 e. The first kappa shape index (κ1) is 20.5. The predicted molar refractivity (Wildman–Crippen MR) is 100 cm³/mol. The van der Waals surface area contributed by atoms with Crippen molar-refractivity contribution < 1.29 is 24.2 Å². The predicted octanol–water partition coefficient (Wildman–Crippen LogP) is 2.94. The summed E-state index contributed by atoms with van der Waals surface area (Å²) in [5.74, 6) is -0.477. The van der Waals surface area contributed by atoms with Gasteiger partial charge in [-0.15, -0.1) is 11.3 Å². The number of esters is 1. The SMILES string of the molecule is CC(C)(C)OC(=O)c1c(N)sc2c1CC(CO)N(C(=O)OC(C)(C)C)C2. The van der Waals surface area contributed by atoms with Gasteiger partial charge in [-0.1, -0.05) is 0 Å². The summed E-state index contributed by atoms with van der Waals surface area (Å²) >= 11 is 1.27. The van der Waals surface area contributed by atoms with Crippen molar-refractivity contribution in [3.63, 3.8) is 0 Å². The van der Waals surface area contributed by atoms with Crippen LogP contribution in [-0.4, -0.2) is 45.9 Å². The number of thiophene rings is 1. The molecular formula is C18H28N2O5S. The molecule has 0 aromatic carbocycles. The lowest BCUT2D eigenvalue weighted by molar-refractivity contribution is 0.00438. The number of rotatable bonds is 2. The van der Waals surface area contributed by atoms with Crippen LogP contribution >= 0.6 is 11.3 Å². The molecule has 1 aromatic heterocycles. The second-order valence-electron chi connectivity index (χ2n) is 8.39. The normalized spacial score (nSPS) is 17.7. The molecule has 0 aliphatic carbocycles. The topological polar surface area (TPSA) is 102 Å². The van der Waals surface area contributed by atoms with Crippen LogP contribution in [0.25, 0.3) is 0 Å². The summed E-state index contributed by atoms with van der Waals surface area (Å²) in [6, 6.07) is -0.479. The standard InChI is InChI=1S/C18H28N2O5S/c1-17(2,3)24-15(22)13-11-7-10(9-21)20(8-12(11)26-14(13)19)16(23)25-18(4,5)6/h10,21H,7-9,19H2,1-6H3. The van der Waals surface area contributed by atoms with Crippen LogP contribution in [0.3, 0.4) is 0 Å². The van der Waals surface area contributed by atoms with Gasteiger partial charge < -0.3 is 20.3 Å². The fraction of sp³-hybridized carbons (Fsp3) is 0.667. The maximum Gasteiger partial charge on any atom is 0.410 e. The summed E-state index contributed by atoms with van der Waals surface area (Å²) in [4.78, 5) is 27.3. The molecular weight excluding hydrogens is 356 g/mol. The Hall–Kier alpha value is -1.80. The van der Waals surface area contributed by atoms with E-state index in [4.69, 9.17) is 15.2 Å². The number of aliphatic hydroxyl groups excluding tert-OH is 1. The number of nitrogens with two attached hydrogens (primary N) is 1. The lowest BCUT2D eigenvalue weighted by atomic mass is 9.97. The zero-order valence-corrected chi connectivity index (χ0v) is 17.0. The third-order valence-electron chi connectivity index (χ3n) is 3.75. The van der Waals surface area contributed by atoms with Crippen LogP contribution in [0.5, 0.6) is 0 Å². The van der Waals surface area contributed by atoms with Gasteiger partial charge in [0.2, 0.25) is 0 Å². The molecule has 0 fully saturated rings. The van der Waals surface area contributed by atoms with Gasteiger partial charge in [-0.05, 0) is 53.5 Å². The zero-order chi connectivity index (χ0) is 19.9. The molecule has 1 unspecified atom stereocenters. The average Bonchev–Trinajstić information content (AvgIpc) is 2.76. The lowest BCUT2D eigenvalue weighted by Crippen LogP contribution is -2.48. The van der Waals surface area contributed by atoms with E-state index in [1.165, 1.54) is 16.2 Å². The minimum Gasteiger partial charge on any atom is -0.456 e. The third-order valence-corrected chi connectivity index (χ3v) is 4.80. The Bertz CT molecular complexity index is 700. The number of amides is 1. The minimum absolute atomic E-state index is 0.234. The Morgan fingerprint density at radius 3 is 2.27 bits per heavy atom. The molecule has 0 radical (unpaired) electrons. The van der Waals surface area contributed by atoms with Crippen molar-refractivity contribution in [3.05, 3.63) is 16.0 Å². The molecule has 7 nitrogen and oxygen atoms in total. The van der Waals surface area contributed by atoms with E-state index in [9.17, 15) is 14.7 Å². The van der Waals surface area contributed by atoms with Crippen molar-refractivity contribution in [2.75, 3.05) is 12.3 Å². The van der Waals surface area contributed by atoms with Gasteiger partial charge in [0.1, 0.15) is 16.2 Å². The van der Waals surface area contributed by atoms with E-state index in [2.05, 4.69) is 0 Å². The van der Waals surface area contributed by atoms with Crippen molar-refractivity contribution in [3.8, 4) is 0 Å². The summed E-state index contributed by atoms with van der Waals surface area (Å²) in [5.41, 5.74) is 5.91.